The maximum absolute atomic E-state index is 14.1. The summed E-state index contributed by atoms with van der Waals surface area (Å²) in [4.78, 5) is 33.1. The van der Waals surface area contributed by atoms with Crippen LogP contribution in [0.3, 0.4) is 0 Å². The molecular formula is C33H32N2O6S. The first-order chi connectivity index (χ1) is 20.3. The second kappa shape index (κ2) is 12.5. The van der Waals surface area contributed by atoms with Crippen molar-refractivity contribution in [2.24, 2.45) is 4.99 Å². The van der Waals surface area contributed by atoms with Gasteiger partial charge in [0.05, 0.1) is 48.8 Å². The molecule has 1 aliphatic heterocycles. The first-order valence-electron chi connectivity index (χ1n) is 13.6. The summed E-state index contributed by atoms with van der Waals surface area (Å²) in [5, 5.41) is 0. The van der Waals surface area contributed by atoms with E-state index in [1.54, 1.807) is 37.8 Å². The van der Waals surface area contributed by atoms with E-state index in [9.17, 15) is 9.59 Å². The molecular weight excluding hydrogens is 552 g/mol. The second-order valence-corrected chi connectivity index (χ2v) is 10.8. The van der Waals surface area contributed by atoms with Crippen LogP contribution in [-0.4, -0.2) is 37.5 Å². The van der Waals surface area contributed by atoms with Crippen molar-refractivity contribution in [1.29, 1.82) is 0 Å². The summed E-state index contributed by atoms with van der Waals surface area (Å²) in [6, 6.07) is 21.5. The van der Waals surface area contributed by atoms with Gasteiger partial charge >= 0.3 is 5.97 Å². The number of esters is 1. The van der Waals surface area contributed by atoms with Gasteiger partial charge in [-0.05, 0) is 62.2 Å². The molecule has 0 N–H and O–H groups in total. The van der Waals surface area contributed by atoms with Crippen molar-refractivity contribution in [3.05, 3.63) is 115 Å². The maximum atomic E-state index is 14.1. The van der Waals surface area contributed by atoms with Gasteiger partial charge in [-0.25, -0.2) is 9.79 Å². The first kappa shape index (κ1) is 28.9. The molecule has 5 rings (SSSR count). The molecule has 1 atom stereocenters. The number of carbonyl (C=O) groups is 1. The number of fused-ring (bicyclic) bond motifs is 1. The molecule has 0 unspecified atom stereocenters. The molecule has 42 heavy (non-hydrogen) atoms. The van der Waals surface area contributed by atoms with Crippen LogP contribution in [0.4, 0.5) is 0 Å². The van der Waals surface area contributed by atoms with E-state index in [0.29, 0.717) is 32.1 Å². The predicted octanol–water partition coefficient (Wildman–Crippen LogP) is 4.74. The largest absolute Gasteiger partial charge is 0.493 e. The van der Waals surface area contributed by atoms with Crippen molar-refractivity contribution >= 4 is 29.1 Å². The van der Waals surface area contributed by atoms with Crippen molar-refractivity contribution in [3.63, 3.8) is 0 Å². The van der Waals surface area contributed by atoms with Gasteiger partial charge < -0.3 is 18.9 Å². The van der Waals surface area contributed by atoms with Gasteiger partial charge in [0.25, 0.3) is 5.56 Å². The number of aromatic nitrogens is 1. The highest BCUT2D eigenvalue weighted by Crippen LogP contribution is 2.38. The third kappa shape index (κ3) is 5.73. The number of nitrogens with zero attached hydrogens (tertiary/aromatic N) is 2. The Kier molecular flexibility index (Phi) is 8.59. The number of ether oxygens (including phenoxy) is 4. The molecule has 0 fully saturated rings. The molecule has 0 spiro atoms. The summed E-state index contributed by atoms with van der Waals surface area (Å²) >= 11 is 1.27. The normalized spacial score (nSPS) is 14.8. The zero-order valence-electron chi connectivity index (χ0n) is 24.1. The minimum atomic E-state index is -0.820. The number of benzene rings is 3. The van der Waals surface area contributed by atoms with Gasteiger partial charge in [-0.15, -0.1) is 0 Å². The van der Waals surface area contributed by atoms with Crippen LogP contribution >= 0.6 is 11.3 Å². The van der Waals surface area contributed by atoms with Crippen LogP contribution in [-0.2, 0) is 9.53 Å². The number of hydrogen-bond donors (Lipinski definition) is 0. The molecule has 8 nitrogen and oxygen atoms in total. The Morgan fingerprint density at radius 3 is 2.36 bits per heavy atom. The third-order valence-corrected chi connectivity index (χ3v) is 7.63. The van der Waals surface area contributed by atoms with E-state index >= 15 is 0 Å². The summed E-state index contributed by atoms with van der Waals surface area (Å²) in [7, 11) is 3.10. The predicted molar refractivity (Wildman–Crippen MR) is 163 cm³/mol. The van der Waals surface area contributed by atoms with E-state index in [2.05, 4.69) is 0 Å². The van der Waals surface area contributed by atoms with Crippen molar-refractivity contribution in [3.8, 4) is 17.2 Å². The molecule has 2 heterocycles. The smallest absolute Gasteiger partial charge is 0.338 e. The molecule has 9 heteroatoms. The average Bonchev–Trinajstić information content (AvgIpc) is 3.31. The monoisotopic (exact) mass is 584 g/mol. The molecule has 0 amide bonds. The lowest BCUT2D eigenvalue weighted by atomic mass is 9.93. The number of methoxy groups -OCH3 is 2. The summed E-state index contributed by atoms with van der Waals surface area (Å²) in [5.41, 5.74) is 2.69. The fraction of sp³-hybridized carbons (Fsp3) is 0.242. The minimum absolute atomic E-state index is 0.0588. The van der Waals surface area contributed by atoms with E-state index in [0.717, 1.165) is 16.9 Å². The molecule has 3 aromatic carbocycles. The zero-order chi connectivity index (χ0) is 29.8. The Morgan fingerprint density at radius 2 is 1.71 bits per heavy atom. The Labute approximate surface area is 247 Å². The van der Waals surface area contributed by atoms with Gasteiger partial charge in [0.15, 0.2) is 16.3 Å². The van der Waals surface area contributed by atoms with E-state index in [1.807, 2.05) is 80.6 Å². The quantitative estimate of drug-likeness (QED) is 0.264. The fourth-order valence-corrected chi connectivity index (χ4v) is 5.85. The van der Waals surface area contributed by atoms with Gasteiger partial charge in [0.1, 0.15) is 5.75 Å². The van der Waals surface area contributed by atoms with Crippen LogP contribution in [0.25, 0.3) is 11.8 Å². The number of carbonyl (C=O) groups excluding carboxylic acids is 1. The number of thiazole rings is 1. The van der Waals surface area contributed by atoms with Gasteiger partial charge in [-0.3, -0.25) is 9.36 Å². The third-order valence-electron chi connectivity index (χ3n) is 6.65. The lowest BCUT2D eigenvalue weighted by molar-refractivity contribution is -0.138. The highest BCUT2D eigenvalue weighted by atomic mass is 32.1. The van der Waals surface area contributed by atoms with E-state index in [4.69, 9.17) is 23.9 Å². The SMILES string of the molecule is CCOC(=O)C1=C(c2ccccc2)N=c2s/c(=C\c3ccc(OC(C)C)cc3)c(=O)n2[C@@H]1c1ccc(OC)c(OC)c1. The van der Waals surface area contributed by atoms with E-state index in [1.165, 1.54) is 11.3 Å². The molecule has 0 radical (unpaired) electrons. The first-order valence-corrected chi connectivity index (χ1v) is 14.4. The maximum Gasteiger partial charge on any atom is 0.338 e. The van der Waals surface area contributed by atoms with Gasteiger partial charge in [0, 0.05) is 5.56 Å². The van der Waals surface area contributed by atoms with Gasteiger partial charge in [0.2, 0.25) is 0 Å². The van der Waals surface area contributed by atoms with Crippen LogP contribution in [0.5, 0.6) is 17.2 Å². The summed E-state index contributed by atoms with van der Waals surface area (Å²) in [6.07, 6.45) is 1.88. The molecule has 0 bridgehead atoms. The van der Waals surface area contributed by atoms with Crippen LogP contribution in [0.15, 0.2) is 88.2 Å². The molecule has 0 aliphatic carbocycles. The topological polar surface area (TPSA) is 88.4 Å². The highest BCUT2D eigenvalue weighted by molar-refractivity contribution is 7.07. The minimum Gasteiger partial charge on any atom is -0.493 e. The van der Waals surface area contributed by atoms with Crippen LogP contribution < -0.4 is 29.1 Å². The van der Waals surface area contributed by atoms with Crippen LogP contribution in [0.2, 0.25) is 0 Å². The Morgan fingerprint density at radius 1 is 1.00 bits per heavy atom. The molecule has 0 saturated heterocycles. The van der Waals surface area contributed by atoms with E-state index in [-0.39, 0.29) is 23.8 Å². The standard InChI is InChI=1S/C33H32N2O6S/c1-6-40-32(37)28-29(22-10-8-7-9-11-22)34-33-35(30(28)23-14-17-25(38-4)26(19-23)39-5)31(36)27(42-33)18-21-12-15-24(16-13-21)41-20(2)3/h7-20,30H,6H2,1-5H3/b27-18-/t30-/m1/s1. The summed E-state index contributed by atoms with van der Waals surface area (Å²) in [5.74, 6) is 1.21. The molecule has 1 aromatic heterocycles. The summed E-state index contributed by atoms with van der Waals surface area (Å²) < 4.78 is 24.4. The lowest BCUT2D eigenvalue weighted by Gasteiger charge is -2.26. The highest BCUT2D eigenvalue weighted by Gasteiger charge is 2.35. The second-order valence-electron chi connectivity index (χ2n) is 9.78. The van der Waals surface area contributed by atoms with Crippen molar-refractivity contribution in [1.82, 2.24) is 4.57 Å². The fourth-order valence-electron chi connectivity index (χ4n) is 4.84. The Balaban J connectivity index is 1.77. The van der Waals surface area contributed by atoms with Crippen molar-refractivity contribution in [2.45, 2.75) is 32.9 Å². The van der Waals surface area contributed by atoms with Crippen molar-refractivity contribution < 1.29 is 23.7 Å². The van der Waals surface area contributed by atoms with Gasteiger partial charge in [-0.1, -0.05) is 59.9 Å². The lowest BCUT2D eigenvalue weighted by Crippen LogP contribution is -2.40. The number of hydrogen-bond acceptors (Lipinski definition) is 8. The zero-order valence-corrected chi connectivity index (χ0v) is 24.9. The van der Waals surface area contributed by atoms with Crippen molar-refractivity contribution in [2.75, 3.05) is 20.8 Å². The van der Waals surface area contributed by atoms with E-state index < -0.39 is 12.0 Å². The van der Waals surface area contributed by atoms with Gasteiger partial charge in [-0.2, -0.15) is 0 Å². The Hall–Kier alpha value is -4.63. The van der Waals surface area contributed by atoms with Crippen LogP contribution in [0.1, 0.15) is 43.5 Å². The molecule has 0 saturated carbocycles. The average molecular weight is 585 g/mol. The molecule has 1 aliphatic rings. The molecule has 216 valence electrons. The summed E-state index contributed by atoms with van der Waals surface area (Å²) in [6.45, 7) is 5.86. The number of rotatable bonds is 9. The van der Waals surface area contributed by atoms with Crippen LogP contribution in [0, 0.1) is 0 Å². The molecule has 4 aromatic rings. The Bertz CT molecular complexity index is 1800.